The lowest BCUT2D eigenvalue weighted by Gasteiger charge is -2.22. The summed E-state index contributed by atoms with van der Waals surface area (Å²) in [6.07, 6.45) is 0.217. The molecule has 0 saturated heterocycles. The highest BCUT2D eigenvalue weighted by molar-refractivity contribution is 5.97. The van der Waals surface area contributed by atoms with Crippen molar-refractivity contribution in [3.8, 4) is 0 Å². The molecule has 142 valence electrons. The second-order valence-corrected chi connectivity index (χ2v) is 6.01. The third kappa shape index (κ3) is 6.05. The van der Waals surface area contributed by atoms with Crippen molar-refractivity contribution in [1.29, 1.82) is 0 Å². The van der Waals surface area contributed by atoms with Crippen LogP contribution in [0, 0.1) is 0 Å². The third-order valence-electron chi connectivity index (χ3n) is 3.95. The van der Waals surface area contributed by atoms with Gasteiger partial charge in [-0.15, -0.1) is 0 Å². The highest BCUT2D eigenvalue weighted by atomic mass is 19.4. The van der Waals surface area contributed by atoms with Crippen molar-refractivity contribution in [3.05, 3.63) is 35.4 Å². The fraction of sp³-hybridized carbons (Fsp3) is 0.471. The average Bonchev–Trinajstić information content (AvgIpc) is 2.59. The molecule has 1 saturated carbocycles. The van der Waals surface area contributed by atoms with Gasteiger partial charge in [-0.25, -0.2) is 9.59 Å². The number of carbonyl (C=O) groups is 3. The topological polar surface area (TPSA) is 84.5 Å². The Balaban J connectivity index is 1.79. The van der Waals surface area contributed by atoms with E-state index in [1.807, 2.05) is 5.32 Å². The number of ether oxygens (including phenoxy) is 1. The standard InChI is InChI=1S/C17H19F3N2O4/c18-17(19,20)12-6-4-5-11(9-12)15(24)26-10-14(23)22-16(25)21-13-7-2-1-3-8-13/h4-6,9,13H,1-3,7-8,10H2,(H2,21,22,23,25). The van der Waals surface area contributed by atoms with Crippen LogP contribution < -0.4 is 10.6 Å². The highest BCUT2D eigenvalue weighted by Gasteiger charge is 2.31. The molecule has 0 radical (unpaired) electrons. The quantitative estimate of drug-likeness (QED) is 0.796. The molecule has 0 heterocycles. The fourth-order valence-electron chi connectivity index (χ4n) is 2.67. The molecule has 1 aromatic carbocycles. The van der Waals surface area contributed by atoms with Gasteiger partial charge in [0.1, 0.15) is 0 Å². The summed E-state index contributed by atoms with van der Waals surface area (Å²) in [5.41, 5.74) is -1.33. The lowest BCUT2D eigenvalue weighted by atomic mass is 9.96. The van der Waals surface area contributed by atoms with Gasteiger partial charge < -0.3 is 10.1 Å². The number of esters is 1. The molecule has 2 N–H and O–H groups in total. The predicted octanol–water partition coefficient (Wildman–Crippen LogP) is 3.02. The number of imide groups is 1. The Kier molecular flexibility index (Phi) is 6.59. The number of benzene rings is 1. The summed E-state index contributed by atoms with van der Waals surface area (Å²) in [5.74, 6) is -1.95. The van der Waals surface area contributed by atoms with E-state index < -0.39 is 36.3 Å². The number of hydrogen-bond acceptors (Lipinski definition) is 4. The number of hydrogen-bond donors (Lipinski definition) is 2. The summed E-state index contributed by atoms with van der Waals surface area (Å²) in [7, 11) is 0. The smallest absolute Gasteiger partial charge is 0.416 e. The van der Waals surface area contributed by atoms with Crippen molar-refractivity contribution in [1.82, 2.24) is 10.6 Å². The number of nitrogens with one attached hydrogen (secondary N) is 2. The van der Waals surface area contributed by atoms with E-state index in [0.29, 0.717) is 6.07 Å². The van der Waals surface area contributed by atoms with E-state index in [9.17, 15) is 27.6 Å². The van der Waals surface area contributed by atoms with E-state index in [1.165, 1.54) is 0 Å². The van der Waals surface area contributed by atoms with E-state index in [-0.39, 0.29) is 11.6 Å². The van der Waals surface area contributed by atoms with Gasteiger partial charge in [-0.1, -0.05) is 25.3 Å². The Morgan fingerprint density at radius 3 is 2.46 bits per heavy atom. The molecule has 1 aromatic rings. The molecule has 0 spiro atoms. The zero-order valence-electron chi connectivity index (χ0n) is 13.9. The molecular formula is C17H19F3N2O4. The first-order chi connectivity index (χ1) is 12.3. The monoisotopic (exact) mass is 372 g/mol. The van der Waals surface area contributed by atoms with Crippen LogP contribution in [-0.2, 0) is 15.7 Å². The molecule has 1 aliphatic carbocycles. The van der Waals surface area contributed by atoms with Crippen LogP contribution >= 0.6 is 0 Å². The van der Waals surface area contributed by atoms with Crippen LogP contribution in [0.15, 0.2) is 24.3 Å². The SMILES string of the molecule is O=C(COC(=O)c1cccc(C(F)(F)F)c1)NC(=O)NC1CCCCC1. The highest BCUT2D eigenvalue weighted by Crippen LogP contribution is 2.29. The molecule has 26 heavy (non-hydrogen) atoms. The normalized spacial score (nSPS) is 15.2. The van der Waals surface area contributed by atoms with E-state index in [1.54, 1.807) is 0 Å². The number of amides is 3. The first-order valence-corrected chi connectivity index (χ1v) is 8.20. The van der Waals surface area contributed by atoms with Crippen molar-refractivity contribution in [2.75, 3.05) is 6.61 Å². The Hall–Kier alpha value is -2.58. The maximum absolute atomic E-state index is 12.6. The zero-order valence-corrected chi connectivity index (χ0v) is 13.9. The molecule has 1 aliphatic rings. The maximum Gasteiger partial charge on any atom is 0.416 e. The minimum absolute atomic E-state index is 0.00390. The van der Waals surface area contributed by atoms with E-state index in [4.69, 9.17) is 0 Å². The van der Waals surface area contributed by atoms with Gasteiger partial charge in [-0.2, -0.15) is 13.2 Å². The summed E-state index contributed by atoms with van der Waals surface area (Å²) in [4.78, 5) is 35.1. The first-order valence-electron chi connectivity index (χ1n) is 8.20. The Morgan fingerprint density at radius 1 is 1.12 bits per heavy atom. The van der Waals surface area contributed by atoms with Crippen molar-refractivity contribution >= 4 is 17.9 Å². The van der Waals surface area contributed by atoms with Crippen LogP contribution in [-0.4, -0.2) is 30.6 Å². The number of rotatable bonds is 4. The summed E-state index contributed by atoms with van der Waals surface area (Å²) >= 11 is 0. The third-order valence-corrected chi connectivity index (χ3v) is 3.95. The van der Waals surface area contributed by atoms with E-state index in [2.05, 4.69) is 10.1 Å². The minimum Gasteiger partial charge on any atom is -0.452 e. The van der Waals surface area contributed by atoms with E-state index in [0.717, 1.165) is 50.3 Å². The second kappa shape index (κ2) is 8.68. The number of alkyl halides is 3. The molecule has 0 unspecified atom stereocenters. The largest absolute Gasteiger partial charge is 0.452 e. The first kappa shape index (κ1) is 19.7. The van der Waals surface area contributed by atoms with Crippen molar-refractivity contribution in [2.24, 2.45) is 0 Å². The summed E-state index contributed by atoms with van der Waals surface area (Å²) in [5, 5.41) is 4.68. The second-order valence-electron chi connectivity index (χ2n) is 6.01. The van der Waals surface area contributed by atoms with Crippen LogP contribution in [0.5, 0.6) is 0 Å². The van der Waals surface area contributed by atoms with Gasteiger partial charge in [-0.05, 0) is 31.0 Å². The molecule has 1 fully saturated rings. The Labute approximate surface area is 148 Å². The van der Waals surface area contributed by atoms with E-state index >= 15 is 0 Å². The maximum atomic E-state index is 12.6. The van der Waals surface area contributed by atoms with Gasteiger partial charge in [0.2, 0.25) is 0 Å². The molecule has 6 nitrogen and oxygen atoms in total. The molecule has 3 amide bonds. The van der Waals surface area contributed by atoms with Gasteiger partial charge in [-0.3, -0.25) is 10.1 Å². The van der Waals surface area contributed by atoms with Crippen molar-refractivity contribution in [3.63, 3.8) is 0 Å². The van der Waals surface area contributed by atoms with Gasteiger partial charge in [0.25, 0.3) is 5.91 Å². The molecule has 2 rings (SSSR count). The molecule has 0 atom stereocenters. The van der Waals surface area contributed by atoms with Crippen LogP contribution in [0.3, 0.4) is 0 Å². The molecule has 9 heteroatoms. The minimum atomic E-state index is -4.59. The van der Waals surface area contributed by atoms with Gasteiger partial charge in [0.05, 0.1) is 11.1 Å². The predicted molar refractivity (Wildman–Crippen MR) is 85.3 cm³/mol. The van der Waals surface area contributed by atoms with Crippen LogP contribution in [0.25, 0.3) is 0 Å². The lowest BCUT2D eigenvalue weighted by molar-refractivity contribution is -0.137. The number of carbonyl (C=O) groups excluding carboxylic acids is 3. The van der Waals surface area contributed by atoms with Crippen LogP contribution in [0.1, 0.15) is 48.0 Å². The average molecular weight is 372 g/mol. The summed E-state index contributed by atoms with van der Waals surface area (Å²) in [6.45, 7) is -0.771. The van der Waals surface area contributed by atoms with Gasteiger partial charge >= 0.3 is 18.2 Å². The van der Waals surface area contributed by atoms with Gasteiger partial charge in [0, 0.05) is 6.04 Å². The van der Waals surface area contributed by atoms with Crippen molar-refractivity contribution < 1.29 is 32.3 Å². The Morgan fingerprint density at radius 2 is 1.81 bits per heavy atom. The molecule has 0 aliphatic heterocycles. The molecule has 0 aromatic heterocycles. The van der Waals surface area contributed by atoms with Crippen molar-refractivity contribution in [2.45, 2.75) is 44.3 Å². The summed E-state index contributed by atoms with van der Waals surface area (Å²) < 4.78 is 42.5. The molecule has 0 bridgehead atoms. The van der Waals surface area contributed by atoms with Gasteiger partial charge in [0.15, 0.2) is 6.61 Å². The van der Waals surface area contributed by atoms with Crippen LogP contribution in [0.2, 0.25) is 0 Å². The fourth-order valence-corrected chi connectivity index (χ4v) is 2.67. The molecular weight excluding hydrogens is 353 g/mol. The zero-order chi connectivity index (χ0) is 19.2. The van der Waals surface area contributed by atoms with Crippen LogP contribution in [0.4, 0.5) is 18.0 Å². The lowest BCUT2D eigenvalue weighted by Crippen LogP contribution is -2.46. The summed E-state index contributed by atoms with van der Waals surface area (Å²) in [6, 6.07) is 2.98. The Bertz CT molecular complexity index is 670. The number of halogens is 3. The number of urea groups is 1.